The zero-order chi connectivity index (χ0) is 11.5. The molecule has 1 amide bonds. The lowest BCUT2D eigenvalue weighted by atomic mass is 9.33. The third kappa shape index (κ3) is 1.16. The van der Waals surface area contributed by atoms with Crippen molar-refractivity contribution in [3.63, 3.8) is 0 Å². The van der Waals surface area contributed by atoms with Crippen LogP contribution in [0.2, 0.25) is 0 Å². The second kappa shape index (κ2) is 2.70. The lowest BCUT2D eigenvalue weighted by Crippen LogP contribution is -2.72. The average molecular weight is 219 g/mol. The van der Waals surface area contributed by atoms with Gasteiger partial charge in [-0.25, -0.2) is 13.8 Å². The molecule has 0 saturated heterocycles. The van der Waals surface area contributed by atoms with Crippen LogP contribution < -0.4 is 0 Å². The summed E-state index contributed by atoms with van der Waals surface area (Å²) in [5.74, 6) is -2.84. The molecule has 0 aromatic rings. The highest BCUT2D eigenvalue weighted by Gasteiger charge is 2.78. The highest BCUT2D eigenvalue weighted by Crippen LogP contribution is 2.78. The van der Waals surface area contributed by atoms with Gasteiger partial charge in [0.05, 0.1) is 12.5 Å². The van der Waals surface area contributed by atoms with Crippen LogP contribution in [0.3, 0.4) is 0 Å². The molecule has 0 atom stereocenters. The summed E-state index contributed by atoms with van der Waals surface area (Å²) >= 11 is 0. The van der Waals surface area contributed by atoms with Gasteiger partial charge in [-0.1, -0.05) is 0 Å². The van der Waals surface area contributed by atoms with Gasteiger partial charge in [-0.3, -0.25) is 9.63 Å². The van der Waals surface area contributed by atoms with Crippen molar-refractivity contribution in [2.24, 2.45) is 10.8 Å². The fraction of sp³-hybridized carbons (Fsp3) is 0.900. The van der Waals surface area contributed by atoms with Crippen LogP contribution in [0.15, 0.2) is 0 Å². The van der Waals surface area contributed by atoms with Crippen molar-refractivity contribution in [2.75, 3.05) is 14.2 Å². The molecular weight excluding hydrogens is 204 g/mol. The number of hydrogen-bond donors (Lipinski definition) is 0. The van der Waals surface area contributed by atoms with Crippen LogP contribution in [-0.4, -0.2) is 31.1 Å². The molecule has 3 fully saturated rings. The molecule has 15 heavy (non-hydrogen) atoms. The highest BCUT2D eigenvalue weighted by molar-refractivity contribution is 5.85. The van der Waals surface area contributed by atoms with Gasteiger partial charge in [-0.15, -0.1) is 0 Å². The first-order chi connectivity index (χ1) is 6.76. The zero-order valence-electron chi connectivity index (χ0n) is 9.14. The molecule has 0 spiro atoms. The van der Waals surface area contributed by atoms with Gasteiger partial charge in [0.2, 0.25) is 0 Å². The van der Waals surface area contributed by atoms with Crippen LogP contribution >= 0.6 is 0 Å². The molecule has 0 aliphatic heterocycles. The molecule has 3 saturated carbocycles. The fourth-order valence-electron chi connectivity index (χ4n) is 2.90. The van der Waals surface area contributed by atoms with E-state index >= 15 is 0 Å². The standard InChI is InChI=1S/C10H15F2NO2/c1-8(11,12)10-4-9(5-10,6-10)7(14)13(2)15-3/h4-6H2,1-3H3. The van der Waals surface area contributed by atoms with Crippen LogP contribution in [0.1, 0.15) is 26.2 Å². The molecule has 3 aliphatic carbocycles. The predicted molar refractivity (Wildman–Crippen MR) is 49.1 cm³/mol. The van der Waals surface area contributed by atoms with Crippen molar-refractivity contribution in [3.8, 4) is 0 Å². The van der Waals surface area contributed by atoms with E-state index in [1.165, 1.54) is 14.2 Å². The summed E-state index contributed by atoms with van der Waals surface area (Å²) in [6.45, 7) is 0.945. The van der Waals surface area contributed by atoms with Crippen molar-refractivity contribution >= 4 is 5.91 Å². The highest BCUT2D eigenvalue weighted by atomic mass is 19.3. The molecule has 0 N–H and O–H groups in total. The summed E-state index contributed by atoms with van der Waals surface area (Å²) < 4.78 is 26.3. The van der Waals surface area contributed by atoms with Gasteiger partial charge in [0, 0.05) is 12.5 Å². The van der Waals surface area contributed by atoms with Crippen molar-refractivity contribution in [2.45, 2.75) is 32.1 Å². The number of rotatable bonds is 3. The number of halogens is 2. The van der Waals surface area contributed by atoms with E-state index in [9.17, 15) is 13.6 Å². The van der Waals surface area contributed by atoms with Gasteiger partial charge in [0.15, 0.2) is 0 Å². The van der Waals surface area contributed by atoms with E-state index in [0.717, 1.165) is 12.0 Å². The number of hydrogen-bond acceptors (Lipinski definition) is 2. The van der Waals surface area contributed by atoms with Gasteiger partial charge >= 0.3 is 0 Å². The van der Waals surface area contributed by atoms with E-state index in [0.29, 0.717) is 19.3 Å². The summed E-state index contributed by atoms with van der Waals surface area (Å²) in [4.78, 5) is 16.5. The quantitative estimate of drug-likeness (QED) is 0.678. The minimum Gasteiger partial charge on any atom is -0.275 e. The molecule has 0 aromatic carbocycles. The molecule has 0 radical (unpaired) electrons. The summed E-state index contributed by atoms with van der Waals surface area (Å²) in [5, 5.41) is 1.14. The van der Waals surface area contributed by atoms with E-state index in [2.05, 4.69) is 0 Å². The Bertz CT molecular complexity index is 291. The Hall–Kier alpha value is -0.710. The van der Waals surface area contributed by atoms with Crippen LogP contribution in [0.25, 0.3) is 0 Å². The Morgan fingerprint density at radius 1 is 1.40 bits per heavy atom. The smallest absolute Gasteiger partial charge is 0.252 e. The number of hydroxylamine groups is 2. The number of amides is 1. The van der Waals surface area contributed by atoms with E-state index in [4.69, 9.17) is 4.84 Å². The Morgan fingerprint density at radius 2 is 1.87 bits per heavy atom. The average Bonchev–Trinajstić information content (AvgIpc) is 1.94. The largest absolute Gasteiger partial charge is 0.275 e. The summed E-state index contributed by atoms with van der Waals surface area (Å²) in [6.07, 6.45) is 0.905. The van der Waals surface area contributed by atoms with Gasteiger partial charge < -0.3 is 0 Å². The minimum absolute atomic E-state index is 0.170. The SMILES string of the molecule is CON(C)C(=O)C12CC(C(C)(F)F)(C1)C2. The summed E-state index contributed by atoms with van der Waals surface area (Å²) in [5.41, 5.74) is -1.46. The molecule has 0 heterocycles. The predicted octanol–water partition coefficient (Wildman–Crippen LogP) is 1.83. The monoisotopic (exact) mass is 219 g/mol. The summed E-state index contributed by atoms with van der Waals surface area (Å²) in [6, 6.07) is 0. The number of carbonyl (C=O) groups is 1. The van der Waals surface area contributed by atoms with Gasteiger partial charge in [-0.2, -0.15) is 0 Å². The number of alkyl halides is 2. The third-order valence-electron chi connectivity index (χ3n) is 3.98. The van der Waals surface area contributed by atoms with E-state index in [1.807, 2.05) is 0 Å². The maximum absolute atomic E-state index is 13.1. The number of carbonyl (C=O) groups excluding carboxylic acids is 1. The molecule has 5 heteroatoms. The zero-order valence-corrected chi connectivity index (χ0v) is 9.14. The molecule has 0 unspecified atom stereocenters. The second-order valence-electron chi connectivity index (χ2n) is 4.96. The summed E-state index contributed by atoms with van der Waals surface area (Å²) in [7, 11) is 2.91. The maximum atomic E-state index is 13.1. The van der Waals surface area contributed by atoms with E-state index in [-0.39, 0.29) is 5.91 Å². The van der Waals surface area contributed by atoms with Crippen molar-refractivity contribution in [1.29, 1.82) is 0 Å². The first kappa shape index (κ1) is 10.8. The molecule has 3 aliphatic rings. The van der Waals surface area contributed by atoms with E-state index < -0.39 is 16.8 Å². The van der Waals surface area contributed by atoms with Gasteiger partial charge in [0.1, 0.15) is 0 Å². The molecule has 86 valence electrons. The van der Waals surface area contributed by atoms with Crippen molar-refractivity contribution in [1.82, 2.24) is 5.06 Å². The van der Waals surface area contributed by atoms with Crippen LogP contribution in [0.5, 0.6) is 0 Å². The van der Waals surface area contributed by atoms with Crippen LogP contribution in [0, 0.1) is 10.8 Å². The van der Waals surface area contributed by atoms with E-state index in [1.54, 1.807) is 0 Å². The second-order valence-corrected chi connectivity index (χ2v) is 4.96. The Balaban J connectivity index is 2.01. The fourth-order valence-corrected chi connectivity index (χ4v) is 2.90. The molecule has 3 rings (SSSR count). The molecular formula is C10H15F2NO2. The molecule has 0 aromatic heterocycles. The minimum atomic E-state index is -2.67. The van der Waals surface area contributed by atoms with Crippen LogP contribution in [-0.2, 0) is 9.63 Å². The topological polar surface area (TPSA) is 29.5 Å². The van der Waals surface area contributed by atoms with Crippen molar-refractivity contribution in [3.05, 3.63) is 0 Å². The maximum Gasteiger partial charge on any atom is 0.252 e. The molecule has 2 bridgehead atoms. The molecule has 3 nitrogen and oxygen atoms in total. The lowest BCUT2D eigenvalue weighted by molar-refractivity contribution is -0.307. The first-order valence-corrected chi connectivity index (χ1v) is 4.97. The Kier molecular flexibility index (Phi) is 1.94. The third-order valence-corrected chi connectivity index (χ3v) is 3.98. The normalized spacial score (nSPS) is 37.9. The Morgan fingerprint density at radius 3 is 2.20 bits per heavy atom. The van der Waals surface area contributed by atoms with Gasteiger partial charge in [-0.05, 0) is 26.2 Å². The Labute approximate surface area is 87.3 Å². The van der Waals surface area contributed by atoms with Gasteiger partial charge in [0.25, 0.3) is 11.8 Å². The van der Waals surface area contributed by atoms with Crippen LogP contribution in [0.4, 0.5) is 8.78 Å². The van der Waals surface area contributed by atoms with Crippen molar-refractivity contribution < 1.29 is 18.4 Å². The lowest BCUT2D eigenvalue weighted by Gasteiger charge is -2.71. The number of nitrogens with zero attached hydrogens (tertiary/aromatic N) is 1. The first-order valence-electron chi connectivity index (χ1n) is 4.97.